The molecule has 0 bridgehead atoms. The Bertz CT molecular complexity index is 444. The maximum absolute atomic E-state index is 6.03. The first-order chi connectivity index (χ1) is 9.33. The molecule has 2 fully saturated rings. The van der Waals surface area contributed by atoms with Crippen LogP contribution in [-0.2, 0) is 6.54 Å². The smallest absolute Gasteiger partial charge is 0.229 e. The van der Waals surface area contributed by atoms with Crippen molar-refractivity contribution in [3.05, 3.63) is 11.7 Å². The molecule has 2 aliphatic rings. The van der Waals surface area contributed by atoms with Gasteiger partial charge in [0.05, 0.1) is 0 Å². The van der Waals surface area contributed by atoms with E-state index in [9.17, 15) is 0 Å². The Labute approximate surface area is 113 Å². The Hall–Kier alpha value is -1.59. The van der Waals surface area contributed by atoms with E-state index in [-0.39, 0.29) is 0 Å². The first-order valence-electron chi connectivity index (χ1n) is 7.20. The summed E-state index contributed by atoms with van der Waals surface area (Å²) in [5, 5.41) is 3.95. The van der Waals surface area contributed by atoms with Crippen molar-refractivity contribution in [2.24, 2.45) is 10.7 Å². The van der Waals surface area contributed by atoms with Gasteiger partial charge in [-0.05, 0) is 25.7 Å². The second-order valence-corrected chi connectivity index (χ2v) is 5.40. The van der Waals surface area contributed by atoms with E-state index in [0.717, 1.165) is 19.0 Å². The molecule has 1 saturated heterocycles. The van der Waals surface area contributed by atoms with Gasteiger partial charge in [0.1, 0.15) is 6.54 Å². The molecule has 0 unspecified atom stereocenters. The molecule has 6 nitrogen and oxygen atoms in total. The van der Waals surface area contributed by atoms with Crippen LogP contribution in [-0.4, -0.2) is 34.1 Å². The molecule has 1 aliphatic heterocycles. The molecule has 0 atom stereocenters. The van der Waals surface area contributed by atoms with E-state index in [1.807, 2.05) is 0 Å². The SMILES string of the molecule is NC(=NCc1noc(C2CC2)n1)N1CCCCCC1. The summed E-state index contributed by atoms with van der Waals surface area (Å²) in [6.45, 7) is 2.43. The van der Waals surface area contributed by atoms with Gasteiger partial charge >= 0.3 is 0 Å². The average Bonchev–Trinajstić information content (AvgIpc) is 3.21. The van der Waals surface area contributed by atoms with Crippen molar-refractivity contribution in [3.63, 3.8) is 0 Å². The quantitative estimate of drug-likeness (QED) is 0.662. The van der Waals surface area contributed by atoms with Gasteiger partial charge in [0.2, 0.25) is 5.89 Å². The molecule has 6 heteroatoms. The third-order valence-corrected chi connectivity index (χ3v) is 3.72. The number of guanidine groups is 1. The number of nitrogens with zero attached hydrogens (tertiary/aromatic N) is 4. The van der Waals surface area contributed by atoms with Crippen LogP contribution in [0.1, 0.15) is 56.2 Å². The molecule has 1 aromatic heterocycles. The molecule has 1 aromatic rings. The number of aromatic nitrogens is 2. The van der Waals surface area contributed by atoms with Crippen LogP contribution in [0.3, 0.4) is 0 Å². The molecule has 0 amide bonds. The molecule has 0 radical (unpaired) electrons. The topological polar surface area (TPSA) is 80.5 Å². The van der Waals surface area contributed by atoms with E-state index >= 15 is 0 Å². The Morgan fingerprint density at radius 1 is 1.26 bits per heavy atom. The predicted molar refractivity (Wildman–Crippen MR) is 71.6 cm³/mol. The zero-order valence-electron chi connectivity index (χ0n) is 11.2. The lowest BCUT2D eigenvalue weighted by molar-refractivity contribution is 0.374. The van der Waals surface area contributed by atoms with Crippen molar-refractivity contribution in [1.82, 2.24) is 15.0 Å². The lowest BCUT2D eigenvalue weighted by Crippen LogP contribution is -2.38. The molecule has 3 rings (SSSR count). The first kappa shape index (κ1) is 12.4. The Kier molecular flexibility index (Phi) is 3.66. The average molecular weight is 263 g/mol. The highest BCUT2D eigenvalue weighted by atomic mass is 16.5. The van der Waals surface area contributed by atoms with Crippen LogP contribution in [0.2, 0.25) is 0 Å². The second-order valence-electron chi connectivity index (χ2n) is 5.40. The monoisotopic (exact) mass is 263 g/mol. The number of nitrogens with two attached hydrogens (primary N) is 1. The second kappa shape index (κ2) is 5.59. The van der Waals surface area contributed by atoms with Crippen LogP contribution in [0.25, 0.3) is 0 Å². The van der Waals surface area contributed by atoms with E-state index < -0.39 is 0 Å². The number of rotatable bonds is 3. The number of aliphatic imine (C=N–C) groups is 1. The first-order valence-corrected chi connectivity index (χ1v) is 7.20. The number of likely N-dealkylation sites (tertiary alicyclic amines) is 1. The summed E-state index contributed by atoms with van der Waals surface area (Å²) in [5.74, 6) is 2.51. The standard InChI is InChI=1S/C13H21N5O/c14-13(18-7-3-1-2-4-8-18)15-9-11-16-12(19-17-11)10-5-6-10/h10H,1-9H2,(H2,14,15). The van der Waals surface area contributed by atoms with Gasteiger partial charge in [-0.15, -0.1) is 0 Å². The lowest BCUT2D eigenvalue weighted by atomic mass is 10.2. The van der Waals surface area contributed by atoms with Gasteiger partial charge in [0.15, 0.2) is 11.8 Å². The molecular weight excluding hydrogens is 242 g/mol. The van der Waals surface area contributed by atoms with Crippen molar-refractivity contribution >= 4 is 5.96 Å². The minimum Gasteiger partial charge on any atom is -0.370 e. The third kappa shape index (κ3) is 3.24. The van der Waals surface area contributed by atoms with Crippen LogP contribution in [0.4, 0.5) is 0 Å². The third-order valence-electron chi connectivity index (χ3n) is 3.72. The molecule has 104 valence electrons. The van der Waals surface area contributed by atoms with Gasteiger partial charge in [0.25, 0.3) is 0 Å². The summed E-state index contributed by atoms with van der Waals surface area (Å²) in [6.07, 6.45) is 7.31. The van der Waals surface area contributed by atoms with Crippen LogP contribution in [0.5, 0.6) is 0 Å². The van der Waals surface area contributed by atoms with E-state index in [0.29, 0.717) is 24.2 Å². The fraction of sp³-hybridized carbons (Fsp3) is 0.769. The molecular formula is C13H21N5O. The Morgan fingerprint density at radius 3 is 2.68 bits per heavy atom. The Balaban J connectivity index is 1.57. The van der Waals surface area contributed by atoms with E-state index in [1.54, 1.807) is 0 Å². The largest absolute Gasteiger partial charge is 0.370 e. The van der Waals surface area contributed by atoms with Crippen LogP contribution < -0.4 is 5.73 Å². The summed E-state index contributed by atoms with van der Waals surface area (Å²) < 4.78 is 5.20. The van der Waals surface area contributed by atoms with E-state index in [4.69, 9.17) is 10.3 Å². The fourth-order valence-corrected chi connectivity index (χ4v) is 2.38. The molecule has 0 aromatic carbocycles. The summed E-state index contributed by atoms with van der Waals surface area (Å²) in [6, 6.07) is 0. The highest BCUT2D eigenvalue weighted by molar-refractivity contribution is 5.78. The van der Waals surface area contributed by atoms with Crippen molar-refractivity contribution in [2.45, 2.75) is 51.0 Å². The van der Waals surface area contributed by atoms with Crippen molar-refractivity contribution in [1.29, 1.82) is 0 Å². The number of hydrogen-bond donors (Lipinski definition) is 1. The highest BCUT2D eigenvalue weighted by Gasteiger charge is 2.29. The molecule has 19 heavy (non-hydrogen) atoms. The molecule has 0 spiro atoms. The minimum atomic E-state index is 0.415. The van der Waals surface area contributed by atoms with Gasteiger partial charge in [0, 0.05) is 19.0 Å². The molecule has 1 saturated carbocycles. The van der Waals surface area contributed by atoms with E-state index in [1.165, 1.54) is 38.5 Å². The van der Waals surface area contributed by atoms with Gasteiger partial charge < -0.3 is 15.2 Å². The van der Waals surface area contributed by atoms with Crippen molar-refractivity contribution in [3.8, 4) is 0 Å². The zero-order chi connectivity index (χ0) is 13.1. The molecule has 1 aliphatic carbocycles. The van der Waals surface area contributed by atoms with Crippen molar-refractivity contribution < 1.29 is 4.52 Å². The van der Waals surface area contributed by atoms with Gasteiger partial charge in [-0.2, -0.15) is 4.98 Å². The summed E-state index contributed by atoms with van der Waals surface area (Å²) in [4.78, 5) is 10.9. The molecule has 2 heterocycles. The summed E-state index contributed by atoms with van der Waals surface area (Å²) >= 11 is 0. The summed E-state index contributed by atoms with van der Waals surface area (Å²) in [5.41, 5.74) is 6.03. The van der Waals surface area contributed by atoms with Crippen LogP contribution >= 0.6 is 0 Å². The van der Waals surface area contributed by atoms with Gasteiger partial charge in [-0.3, -0.25) is 0 Å². The lowest BCUT2D eigenvalue weighted by Gasteiger charge is -2.20. The highest BCUT2D eigenvalue weighted by Crippen LogP contribution is 2.38. The fourth-order valence-electron chi connectivity index (χ4n) is 2.38. The van der Waals surface area contributed by atoms with Gasteiger partial charge in [-0.25, -0.2) is 4.99 Å². The maximum Gasteiger partial charge on any atom is 0.229 e. The van der Waals surface area contributed by atoms with Crippen LogP contribution in [0.15, 0.2) is 9.52 Å². The zero-order valence-corrected chi connectivity index (χ0v) is 11.2. The van der Waals surface area contributed by atoms with Gasteiger partial charge in [-0.1, -0.05) is 18.0 Å². The maximum atomic E-state index is 6.03. The van der Waals surface area contributed by atoms with Crippen LogP contribution in [0, 0.1) is 0 Å². The molecule has 2 N–H and O–H groups in total. The predicted octanol–water partition coefficient (Wildman–Crippen LogP) is 1.64. The van der Waals surface area contributed by atoms with Crippen molar-refractivity contribution in [2.75, 3.05) is 13.1 Å². The number of hydrogen-bond acceptors (Lipinski definition) is 4. The normalized spacial score (nSPS) is 21.5. The summed E-state index contributed by atoms with van der Waals surface area (Å²) in [7, 11) is 0. The minimum absolute atomic E-state index is 0.415. The van der Waals surface area contributed by atoms with E-state index in [2.05, 4.69) is 20.0 Å². The Morgan fingerprint density at radius 2 is 2.00 bits per heavy atom.